The Morgan fingerprint density at radius 3 is 2.45 bits per heavy atom. The molecule has 0 saturated heterocycles. The van der Waals surface area contributed by atoms with E-state index in [4.69, 9.17) is 9.41 Å². The van der Waals surface area contributed by atoms with Gasteiger partial charge in [0.05, 0.1) is 18.8 Å². The van der Waals surface area contributed by atoms with Crippen molar-refractivity contribution in [1.82, 2.24) is 15.5 Å². The molecule has 1 unspecified atom stereocenters. The zero-order chi connectivity index (χ0) is 15.5. The van der Waals surface area contributed by atoms with E-state index in [1.807, 2.05) is 12.1 Å². The molecule has 6 heteroatoms. The minimum Gasteiger partial charge on any atom is -0.468 e. The smallest absolute Gasteiger partial charge is 0.191 e. The Bertz CT molecular complexity index is 391. The van der Waals surface area contributed by atoms with Crippen LogP contribution in [0.4, 0.5) is 0 Å². The molecule has 1 heterocycles. The lowest BCUT2D eigenvalue weighted by Gasteiger charge is -2.27. The van der Waals surface area contributed by atoms with E-state index < -0.39 is 0 Å². The Kier molecular flexibility index (Phi) is 12.3. The molecule has 1 aromatic heterocycles. The lowest BCUT2D eigenvalue weighted by atomic mass is 10.2. The quantitative estimate of drug-likeness (QED) is 0.365. The van der Waals surface area contributed by atoms with Gasteiger partial charge >= 0.3 is 0 Å². The molecule has 0 aliphatic rings. The zero-order valence-corrected chi connectivity index (χ0v) is 16.6. The van der Waals surface area contributed by atoms with Gasteiger partial charge in [-0.1, -0.05) is 20.8 Å². The number of nitrogens with one attached hydrogen (secondary N) is 2. The van der Waals surface area contributed by atoms with Gasteiger partial charge in [0.1, 0.15) is 5.76 Å². The molecule has 128 valence electrons. The lowest BCUT2D eigenvalue weighted by Crippen LogP contribution is -2.39. The maximum absolute atomic E-state index is 5.60. The maximum Gasteiger partial charge on any atom is 0.191 e. The molecule has 0 aliphatic carbocycles. The predicted octanol–water partition coefficient (Wildman–Crippen LogP) is 3.25. The Balaban J connectivity index is 0.00000441. The van der Waals surface area contributed by atoms with Gasteiger partial charge in [-0.25, -0.2) is 0 Å². The van der Waals surface area contributed by atoms with Crippen LogP contribution in [-0.4, -0.2) is 43.6 Å². The first-order chi connectivity index (χ1) is 10.3. The van der Waals surface area contributed by atoms with Gasteiger partial charge in [0.2, 0.25) is 0 Å². The van der Waals surface area contributed by atoms with Crippen LogP contribution in [0.3, 0.4) is 0 Å². The van der Waals surface area contributed by atoms with Crippen molar-refractivity contribution in [3.63, 3.8) is 0 Å². The summed E-state index contributed by atoms with van der Waals surface area (Å²) in [5.41, 5.74) is 0. The monoisotopic (exact) mass is 422 g/mol. The van der Waals surface area contributed by atoms with E-state index in [9.17, 15) is 0 Å². The highest BCUT2D eigenvalue weighted by Gasteiger charge is 2.20. The summed E-state index contributed by atoms with van der Waals surface area (Å²) in [5.74, 6) is 1.86. The molecule has 0 saturated carbocycles. The SMILES string of the molecule is CCCNC(=NCC(c1ccco1)N(CC)CC)NCC.I. The summed E-state index contributed by atoms with van der Waals surface area (Å²) in [7, 11) is 0. The highest BCUT2D eigenvalue weighted by Crippen LogP contribution is 2.21. The maximum atomic E-state index is 5.60. The van der Waals surface area contributed by atoms with Crippen LogP contribution in [0.5, 0.6) is 0 Å². The number of hydrogen-bond acceptors (Lipinski definition) is 3. The van der Waals surface area contributed by atoms with Gasteiger partial charge in [-0.3, -0.25) is 9.89 Å². The summed E-state index contributed by atoms with van der Waals surface area (Å²) in [4.78, 5) is 7.08. The fourth-order valence-corrected chi connectivity index (χ4v) is 2.29. The molecule has 1 atom stereocenters. The van der Waals surface area contributed by atoms with Crippen LogP contribution in [0.25, 0.3) is 0 Å². The summed E-state index contributed by atoms with van der Waals surface area (Å²) >= 11 is 0. The Labute approximate surface area is 152 Å². The second-order valence-electron chi connectivity index (χ2n) is 4.90. The number of aliphatic imine (C=N–C) groups is 1. The van der Waals surface area contributed by atoms with Crippen LogP contribution < -0.4 is 10.6 Å². The first-order valence-corrected chi connectivity index (χ1v) is 8.06. The van der Waals surface area contributed by atoms with E-state index >= 15 is 0 Å². The predicted molar refractivity (Wildman–Crippen MR) is 104 cm³/mol. The lowest BCUT2D eigenvalue weighted by molar-refractivity contribution is 0.198. The van der Waals surface area contributed by atoms with Gasteiger partial charge in [-0.15, -0.1) is 24.0 Å². The number of guanidine groups is 1. The summed E-state index contributed by atoms with van der Waals surface area (Å²) < 4.78 is 5.60. The number of nitrogens with zero attached hydrogens (tertiary/aromatic N) is 2. The molecule has 22 heavy (non-hydrogen) atoms. The van der Waals surface area contributed by atoms with Gasteiger partial charge in [0.15, 0.2) is 5.96 Å². The van der Waals surface area contributed by atoms with Crippen molar-refractivity contribution >= 4 is 29.9 Å². The minimum absolute atomic E-state index is 0. The number of hydrogen-bond donors (Lipinski definition) is 2. The number of rotatable bonds is 9. The molecule has 0 spiro atoms. The summed E-state index contributed by atoms with van der Waals surface area (Å²) in [6.45, 7) is 13.0. The molecular weight excluding hydrogens is 391 g/mol. The normalized spacial score (nSPS) is 12.9. The van der Waals surface area contributed by atoms with Crippen molar-refractivity contribution in [2.75, 3.05) is 32.7 Å². The molecule has 1 rings (SSSR count). The van der Waals surface area contributed by atoms with Crippen molar-refractivity contribution in [2.24, 2.45) is 4.99 Å². The van der Waals surface area contributed by atoms with Crippen LogP contribution in [0.15, 0.2) is 27.8 Å². The second kappa shape index (κ2) is 12.8. The fourth-order valence-electron chi connectivity index (χ4n) is 2.29. The third-order valence-corrected chi connectivity index (χ3v) is 3.43. The van der Waals surface area contributed by atoms with Crippen LogP contribution in [0, 0.1) is 0 Å². The van der Waals surface area contributed by atoms with E-state index in [2.05, 4.69) is 43.2 Å². The molecule has 0 aromatic carbocycles. The number of halogens is 1. The van der Waals surface area contributed by atoms with Crippen LogP contribution in [-0.2, 0) is 0 Å². The minimum atomic E-state index is 0. The molecule has 0 amide bonds. The van der Waals surface area contributed by atoms with Gasteiger partial charge in [0, 0.05) is 13.1 Å². The average Bonchev–Trinajstić information content (AvgIpc) is 3.02. The largest absolute Gasteiger partial charge is 0.468 e. The van der Waals surface area contributed by atoms with Crippen LogP contribution in [0.1, 0.15) is 45.9 Å². The van der Waals surface area contributed by atoms with E-state index in [0.717, 1.165) is 44.3 Å². The van der Waals surface area contributed by atoms with Gasteiger partial charge < -0.3 is 15.1 Å². The van der Waals surface area contributed by atoms with Crippen LogP contribution in [0.2, 0.25) is 0 Å². The summed E-state index contributed by atoms with van der Waals surface area (Å²) in [6, 6.07) is 4.16. The van der Waals surface area contributed by atoms with Crippen molar-refractivity contribution in [3.05, 3.63) is 24.2 Å². The standard InChI is InChI=1S/C16H30N4O.HI/c1-5-11-18-16(17-6-2)19-13-14(20(7-3)8-4)15-10-9-12-21-15;/h9-10,12,14H,5-8,11,13H2,1-4H3,(H2,17,18,19);1H. The third kappa shape index (κ3) is 7.00. The zero-order valence-electron chi connectivity index (χ0n) is 14.3. The van der Waals surface area contributed by atoms with Crippen molar-refractivity contribution in [2.45, 2.75) is 40.2 Å². The number of likely N-dealkylation sites (N-methyl/N-ethyl adjacent to an activating group) is 1. The van der Waals surface area contributed by atoms with E-state index in [0.29, 0.717) is 6.54 Å². The molecule has 0 radical (unpaired) electrons. The summed E-state index contributed by atoms with van der Waals surface area (Å²) in [5, 5.41) is 6.62. The Morgan fingerprint density at radius 2 is 1.95 bits per heavy atom. The first kappa shape index (κ1) is 21.2. The van der Waals surface area contributed by atoms with Crippen molar-refractivity contribution in [1.29, 1.82) is 0 Å². The molecule has 5 nitrogen and oxygen atoms in total. The molecular formula is C16H31IN4O. The highest BCUT2D eigenvalue weighted by molar-refractivity contribution is 14.0. The van der Waals surface area contributed by atoms with E-state index in [1.165, 1.54) is 0 Å². The second-order valence-corrected chi connectivity index (χ2v) is 4.90. The summed E-state index contributed by atoms with van der Waals surface area (Å²) in [6.07, 6.45) is 2.82. The highest BCUT2D eigenvalue weighted by atomic mass is 127. The van der Waals surface area contributed by atoms with Crippen LogP contribution >= 0.6 is 24.0 Å². The van der Waals surface area contributed by atoms with Crippen molar-refractivity contribution < 1.29 is 4.42 Å². The molecule has 0 fully saturated rings. The topological polar surface area (TPSA) is 52.8 Å². The fraction of sp³-hybridized carbons (Fsp3) is 0.688. The Hall–Kier alpha value is -0.760. The molecule has 0 bridgehead atoms. The molecule has 1 aromatic rings. The van der Waals surface area contributed by atoms with Crippen molar-refractivity contribution in [3.8, 4) is 0 Å². The van der Waals surface area contributed by atoms with E-state index in [-0.39, 0.29) is 30.0 Å². The third-order valence-electron chi connectivity index (χ3n) is 3.43. The average molecular weight is 422 g/mol. The number of furan rings is 1. The molecule has 2 N–H and O–H groups in total. The molecule has 0 aliphatic heterocycles. The first-order valence-electron chi connectivity index (χ1n) is 8.06. The Morgan fingerprint density at radius 1 is 1.23 bits per heavy atom. The van der Waals surface area contributed by atoms with Gasteiger partial charge in [0.25, 0.3) is 0 Å². The van der Waals surface area contributed by atoms with Gasteiger partial charge in [-0.05, 0) is 38.6 Å². The van der Waals surface area contributed by atoms with E-state index in [1.54, 1.807) is 6.26 Å². The van der Waals surface area contributed by atoms with Gasteiger partial charge in [-0.2, -0.15) is 0 Å².